The number of carbonyl (C=O) groups excluding carboxylic acids is 1. The zero-order valence-corrected chi connectivity index (χ0v) is 11.2. The molecule has 0 aliphatic rings. The molecule has 19 heavy (non-hydrogen) atoms. The minimum atomic E-state index is -4.42. The maximum atomic E-state index is 11.4. The molecule has 8 nitrogen and oxygen atoms in total. The van der Waals surface area contributed by atoms with Gasteiger partial charge in [0.05, 0.1) is 12.0 Å². The van der Waals surface area contributed by atoms with E-state index in [2.05, 4.69) is 9.26 Å². The summed E-state index contributed by atoms with van der Waals surface area (Å²) in [6.07, 6.45) is -0.902. The molecular weight excluding hydrogens is 272 g/mol. The molecule has 1 rings (SSSR count). The molecule has 1 aromatic rings. The van der Waals surface area contributed by atoms with Crippen molar-refractivity contribution in [2.24, 2.45) is 0 Å². The topological polar surface area (TPSA) is 125 Å². The summed E-state index contributed by atoms with van der Waals surface area (Å²) in [5, 5.41) is 10.4. The first-order valence-corrected chi connectivity index (χ1v) is 6.38. The molecule has 0 spiro atoms. The van der Waals surface area contributed by atoms with E-state index in [1.54, 1.807) is 0 Å². The second-order valence-corrected chi connectivity index (χ2v) is 4.91. The van der Waals surface area contributed by atoms with Gasteiger partial charge < -0.3 is 19.0 Å². The van der Waals surface area contributed by atoms with Gasteiger partial charge in [0.25, 0.3) is 5.69 Å². The Bertz CT molecular complexity index is 450. The summed E-state index contributed by atoms with van der Waals surface area (Å²) in [6, 6.07) is 4.43. The second-order valence-electron chi connectivity index (χ2n) is 3.19. The van der Waals surface area contributed by atoms with E-state index in [0.29, 0.717) is 0 Å². The Morgan fingerprint density at radius 3 is 2.26 bits per heavy atom. The number of carbonyl (C=O) groups is 1. The number of hydrogen-bond acceptors (Lipinski definition) is 7. The second kappa shape index (κ2) is 7.43. The molecule has 0 atom stereocenters. The summed E-state index contributed by atoms with van der Waals surface area (Å²) in [4.78, 5) is 43.3. The molecule has 0 heterocycles. The number of esters is 1. The van der Waals surface area contributed by atoms with Gasteiger partial charge in [0.2, 0.25) is 0 Å². The normalized spacial score (nSPS) is 10.3. The number of nitrogens with zero attached hydrogens (tertiary/aromatic N) is 1. The average molecular weight is 281 g/mol. The molecule has 0 saturated heterocycles. The molecule has 0 N–H and O–H groups in total. The Kier molecular flexibility index (Phi) is 6.98. The maximum absolute atomic E-state index is 11.4. The van der Waals surface area contributed by atoms with Crippen molar-refractivity contribution in [1.29, 1.82) is 0 Å². The SMILES string of the molecule is COC(=O)C[P+]([O-])([O-])Oc1ccc([N+](=O)[O-])cc1.[Li+]. The van der Waals surface area contributed by atoms with Crippen molar-refractivity contribution in [3.63, 3.8) is 0 Å². The van der Waals surface area contributed by atoms with Crippen LogP contribution >= 0.6 is 7.94 Å². The van der Waals surface area contributed by atoms with Crippen molar-refractivity contribution in [3.05, 3.63) is 34.4 Å². The van der Waals surface area contributed by atoms with Crippen LogP contribution in [-0.2, 0) is 9.53 Å². The van der Waals surface area contributed by atoms with Gasteiger partial charge in [-0.05, 0) is 12.1 Å². The minimum Gasteiger partial charge on any atom is -0.652 e. The van der Waals surface area contributed by atoms with Crippen LogP contribution in [0.15, 0.2) is 24.3 Å². The molecule has 1 aromatic carbocycles. The van der Waals surface area contributed by atoms with Crippen molar-refractivity contribution in [2.45, 2.75) is 0 Å². The largest absolute Gasteiger partial charge is 1.00 e. The van der Waals surface area contributed by atoms with E-state index < -0.39 is 25.0 Å². The van der Waals surface area contributed by atoms with Gasteiger partial charge in [0.1, 0.15) is 7.94 Å². The van der Waals surface area contributed by atoms with Crippen LogP contribution in [0.1, 0.15) is 0 Å². The number of benzene rings is 1. The summed E-state index contributed by atoms with van der Waals surface area (Å²) in [7, 11) is -3.37. The number of non-ortho nitro benzene ring substituents is 1. The Morgan fingerprint density at radius 2 is 1.84 bits per heavy atom. The smallest absolute Gasteiger partial charge is 0.652 e. The maximum Gasteiger partial charge on any atom is 1.00 e. The van der Waals surface area contributed by atoms with Gasteiger partial charge in [-0.3, -0.25) is 10.1 Å². The van der Waals surface area contributed by atoms with Gasteiger partial charge in [0, 0.05) is 12.1 Å². The average Bonchev–Trinajstić information content (AvgIpc) is 2.28. The van der Waals surface area contributed by atoms with Gasteiger partial charge in [0.15, 0.2) is 11.9 Å². The van der Waals surface area contributed by atoms with E-state index in [1.807, 2.05) is 0 Å². The van der Waals surface area contributed by atoms with E-state index in [-0.39, 0.29) is 30.3 Å². The number of methoxy groups -OCH3 is 1. The fourth-order valence-corrected chi connectivity index (χ4v) is 2.00. The van der Waals surface area contributed by atoms with E-state index in [4.69, 9.17) is 0 Å². The molecular formula is C9H9LiNO7P. The van der Waals surface area contributed by atoms with Crippen LogP contribution in [0.2, 0.25) is 0 Å². The minimum absolute atomic E-state index is 0. The van der Waals surface area contributed by atoms with Gasteiger partial charge in [-0.1, -0.05) is 0 Å². The molecule has 0 aliphatic heterocycles. The standard InChI is InChI=1S/C9H10NO7P.Li/c1-16-9(11)6-18(14,15)17-8-4-2-7(3-5-8)10(12)13;/h2-5H,6H2,1H3,(H,14,15);/q;+1/p-1. The van der Waals surface area contributed by atoms with E-state index in [0.717, 1.165) is 31.4 Å². The fraction of sp³-hybridized carbons (Fsp3) is 0.222. The Balaban J connectivity index is 0.00000324. The van der Waals surface area contributed by atoms with Crippen LogP contribution in [-0.4, -0.2) is 24.2 Å². The molecule has 98 valence electrons. The van der Waals surface area contributed by atoms with Gasteiger partial charge in [-0.15, -0.1) is 0 Å². The number of rotatable bonds is 5. The molecule has 0 saturated carbocycles. The molecule has 0 aliphatic carbocycles. The Labute approximate surface area is 121 Å². The Hall–Kier alpha value is -1.16. The molecule has 0 amide bonds. The molecule has 0 radical (unpaired) electrons. The van der Waals surface area contributed by atoms with Crippen molar-refractivity contribution in [2.75, 3.05) is 13.3 Å². The van der Waals surface area contributed by atoms with Crippen LogP contribution in [0.3, 0.4) is 0 Å². The van der Waals surface area contributed by atoms with Crippen LogP contribution in [0, 0.1) is 10.1 Å². The summed E-state index contributed by atoms with van der Waals surface area (Å²) in [5.74, 6) is -1.06. The molecule has 0 fully saturated rings. The molecule has 0 unspecified atom stereocenters. The van der Waals surface area contributed by atoms with Gasteiger partial charge in [-0.2, -0.15) is 0 Å². The van der Waals surface area contributed by atoms with E-state index >= 15 is 0 Å². The first-order chi connectivity index (χ1) is 8.34. The van der Waals surface area contributed by atoms with Crippen molar-refractivity contribution >= 4 is 19.6 Å². The quantitative estimate of drug-likeness (QED) is 0.181. The summed E-state index contributed by atoms with van der Waals surface area (Å²) in [5.41, 5.74) is -0.198. The summed E-state index contributed by atoms with van der Waals surface area (Å²) < 4.78 is 8.78. The fourth-order valence-electron chi connectivity index (χ4n) is 1.04. The summed E-state index contributed by atoms with van der Waals surface area (Å²) in [6.45, 7) is 0. The van der Waals surface area contributed by atoms with Crippen LogP contribution in [0.25, 0.3) is 0 Å². The first-order valence-electron chi connectivity index (χ1n) is 4.65. The van der Waals surface area contributed by atoms with Crippen molar-refractivity contribution in [3.8, 4) is 5.75 Å². The third-order valence-corrected chi connectivity index (χ3v) is 2.98. The third kappa shape index (κ3) is 6.01. The number of ether oxygens (including phenoxy) is 1. The van der Waals surface area contributed by atoms with Gasteiger partial charge >= 0.3 is 24.8 Å². The van der Waals surface area contributed by atoms with Gasteiger partial charge in [-0.25, -0.2) is 4.79 Å². The zero-order valence-electron chi connectivity index (χ0n) is 10.3. The zero-order chi connectivity index (χ0) is 13.8. The van der Waals surface area contributed by atoms with Crippen LogP contribution < -0.4 is 33.2 Å². The molecule has 0 bridgehead atoms. The van der Waals surface area contributed by atoms with E-state index in [1.165, 1.54) is 0 Å². The van der Waals surface area contributed by atoms with Crippen LogP contribution in [0.4, 0.5) is 5.69 Å². The number of nitro groups is 1. The number of hydrogen-bond donors (Lipinski definition) is 0. The summed E-state index contributed by atoms with van der Waals surface area (Å²) >= 11 is 0. The third-order valence-electron chi connectivity index (χ3n) is 1.84. The number of nitro benzene ring substituents is 1. The predicted molar refractivity (Wildman–Crippen MR) is 57.5 cm³/mol. The first kappa shape index (κ1) is 17.8. The van der Waals surface area contributed by atoms with Crippen LogP contribution in [0.5, 0.6) is 5.75 Å². The van der Waals surface area contributed by atoms with E-state index in [9.17, 15) is 24.7 Å². The van der Waals surface area contributed by atoms with Crippen molar-refractivity contribution < 1.29 is 47.6 Å². The predicted octanol–water partition coefficient (Wildman–Crippen LogP) is -3.37. The molecule has 0 aromatic heterocycles. The molecule has 10 heteroatoms. The van der Waals surface area contributed by atoms with Crippen molar-refractivity contribution in [1.82, 2.24) is 0 Å². The Morgan fingerprint density at radius 1 is 1.32 bits per heavy atom. The monoisotopic (exact) mass is 281 g/mol.